The van der Waals surface area contributed by atoms with E-state index in [1.54, 1.807) is 0 Å². The Morgan fingerprint density at radius 2 is 1.81 bits per heavy atom. The molecule has 16 heavy (non-hydrogen) atoms. The minimum Gasteiger partial charge on any atom is -0.324 e. The summed E-state index contributed by atoms with van der Waals surface area (Å²) in [6.07, 6.45) is 5.59. The van der Waals surface area contributed by atoms with Gasteiger partial charge in [-0.15, -0.1) is 0 Å². The SMILES string of the molecule is CC(C)C1CCC2(C(C)C)[C@H]3CC3C2(N)C1. The first-order chi connectivity index (χ1) is 7.43. The smallest absolute Gasteiger partial charge is 0.0250 e. The lowest BCUT2D eigenvalue weighted by Gasteiger charge is -2.64. The van der Waals surface area contributed by atoms with E-state index >= 15 is 0 Å². The van der Waals surface area contributed by atoms with Gasteiger partial charge in [0.1, 0.15) is 0 Å². The molecule has 0 radical (unpaired) electrons. The minimum atomic E-state index is 0.221. The fourth-order valence-corrected chi connectivity index (χ4v) is 5.47. The molecular weight excluding hydrogens is 194 g/mol. The van der Waals surface area contributed by atoms with Gasteiger partial charge in [0.2, 0.25) is 0 Å². The molecule has 4 unspecified atom stereocenters. The van der Waals surface area contributed by atoms with Gasteiger partial charge in [0.25, 0.3) is 0 Å². The van der Waals surface area contributed by atoms with Gasteiger partial charge in [0.15, 0.2) is 0 Å². The Morgan fingerprint density at radius 1 is 1.12 bits per heavy atom. The number of fused-ring (bicyclic) bond motifs is 4. The molecule has 5 atom stereocenters. The highest BCUT2D eigenvalue weighted by molar-refractivity contribution is 5.31. The van der Waals surface area contributed by atoms with Crippen LogP contribution in [0.15, 0.2) is 0 Å². The Morgan fingerprint density at radius 3 is 2.38 bits per heavy atom. The highest BCUT2D eigenvalue weighted by Crippen LogP contribution is 2.79. The molecule has 0 bridgehead atoms. The van der Waals surface area contributed by atoms with Crippen molar-refractivity contribution in [3.8, 4) is 0 Å². The van der Waals surface area contributed by atoms with Crippen molar-refractivity contribution in [3.05, 3.63) is 0 Å². The van der Waals surface area contributed by atoms with Crippen LogP contribution in [0.2, 0.25) is 0 Å². The van der Waals surface area contributed by atoms with Gasteiger partial charge in [-0.25, -0.2) is 0 Å². The second kappa shape index (κ2) is 3.04. The zero-order chi connectivity index (χ0) is 11.7. The van der Waals surface area contributed by atoms with Crippen LogP contribution < -0.4 is 5.73 Å². The van der Waals surface area contributed by atoms with Crippen LogP contribution in [-0.4, -0.2) is 5.54 Å². The molecule has 0 spiro atoms. The zero-order valence-electron chi connectivity index (χ0n) is 11.3. The Bertz CT molecular complexity index is 305. The molecule has 0 aromatic carbocycles. The van der Waals surface area contributed by atoms with Crippen LogP contribution in [0, 0.1) is 35.0 Å². The van der Waals surface area contributed by atoms with E-state index < -0.39 is 0 Å². The minimum absolute atomic E-state index is 0.221. The maximum absolute atomic E-state index is 6.86. The average molecular weight is 221 g/mol. The molecule has 0 aliphatic heterocycles. The lowest BCUT2D eigenvalue weighted by atomic mass is 9.43. The third kappa shape index (κ3) is 1.02. The summed E-state index contributed by atoms with van der Waals surface area (Å²) < 4.78 is 0. The van der Waals surface area contributed by atoms with E-state index in [9.17, 15) is 0 Å². The van der Waals surface area contributed by atoms with Crippen molar-refractivity contribution >= 4 is 0 Å². The summed E-state index contributed by atoms with van der Waals surface area (Å²) >= 11 is 0. The van der Waals surface area contributed by atoms with Crippen LogP contribution in [0.3, 0.4) is 0 Å². The second-order valence-corrected chi connectivity index (χ2v) is 7.43. The number of hydrogen-bond acceptors (Lipinski definition) is 1. The molecule has 0 saturated heterocycles. The molecule has 0 amide bonds. The number of rotatable bonds is 2. The largest absolute Gasteiger partial charge is 0.324 e. The van der Waals surface area contributed by atoms with Gasteiger partial charge in [-0.2, -0.15) is 0 Å². The van der Waals surface area contributed by atoms with Crippen molar-refractivity contribution in [3.63, 3.8) is 0 Å². The zero-order valence-corrected chi connectivity index (χ0v) is 11.3. The first-order valence-corrected chi connectivity index (χ1v) is 7.22. The van der Waals surface area contributed by atoms with Crippen LogP contribution in [-0.2, 0) is 0 Å². The lowest BCUT2D eigenvalue weighted by molar-refractivity contribution is -0.115. The standard InChI is InChI=1S/C15H27N/c1-9(2)11-5-6-14(10(3)4)12-7-13(12)15(14,16)8-11/h9-13H,5-8,16H2,1-4H3/t11?,12-,13?,14?,15?/m0/s1. The van der Waals surface area contributed by atoms with Crippen LogP contribution in [0.1, 0.15) is 53.4 Å². The van der Waals surface area contributed by atoms with Crippen molar-refractivity contribution in [1.82, 2.24) is 0 Å². The maximum Gasteiger partial charge on any atom is 0.0250 e. The molecule has 1 nitrogen and oxygen atoms in total. The van der Waals surface area contributed by atoms with Gasteiger partial charge < -0.3 is 5.73 Å². The summed E-state index contributed by atoms with van der Waals surface area (Å²) in [5, 5.41) is 0. The van der Waals surface area contributed by atoms with Crippen molar-refractivity contribution < 1.29 is 0 Å². The molecule has 3 fully saturated rings. The Labute approximate surface area is 100 Å². The van der Waals surface area contributed by atoms with Crippen molar-refractivity contribution in [2.24, 2.45) is 40.7 Å². The molecule has 3 saturated carbocycles. The van der Waals surface area contributed by atoms with Gasteiger partial charge in [-0.05, 0) is 60.7 Å². The Kier molecular flexibility index (Phi) is 2.11. The third-order valence-corrected chi connectivity index (χ3v) is 6.48. The molecule has 3 aliphatic rings. The molecule has 0 aromatic heterocycles. The highest BCUT2D eigenvalue weighted by atomic mass is 15.0. The number of nitrogens with two attached hydrogens (primary N) is 1. The average Bonchev–Trinajstić information content (AvgIpc) is 2.93. The summed E-state index contributed by atoms with van der Waals surface area (Å²) in [5.41, 5.74) is 7.61. The summed E-state index contributed by atoms with van der Waals surface area (Å²) in [5.74, 6) is 4.40. The van der Waals surface area contributed by atoms with E-state index in [1.165, 1.54) is 25.7 Å². The predicted molar refractivity (Wildman–Crippen MR) is 68.0 cm³/mol. The van der Waals surface area contributed by atoms with Crippen molar-refractivity contribution in [2.75, 3.05) is 0 Å². The van der Waals surface area contributed by atoms with Gasteiger partial charge in [0, 0.05) is 5.54 Å². The summed E-state index contributed by atoms with van der Waals surface area (Å²) in [7, 11) is 0. The topological polar surface area (TPSA) is 26.0 Å². The Hall–Kier alpha value is -0.0400. The molecule has 0 aromatic rings. The van der Waals surface area contributed by atoms with E-state index in [4.69, 9.17) is 5.73 Å². The maximum atomic E-state index is 6.86. The Balaban J connectivity index is 1.88. The summed E-state index contributed by atoms with van der Waals surface area (Å²) in [6, 6.07) is 0. The molecule has 0 heterocycles. The van der Waals surface area contributed by atoms with Crippen molar-refractivity contribution in [1.29, 1.82) is 0 Å². The summed E-state index contributed by atoms with van der Waals surface area (Å²) in [6.45, 7) is 9.57. The second-order valence-electron chi connectivity index (χ2n) is 7.43. The quantitative estimate of drug-likeness (QED) is 0.759. The first kappa shape index (κ1) is 11.1. The van der Waals surface area contributed by atoms with E-state index in [1.807, 2.05) is 0 Å². The van der Waals surface area contributed by atoms with Gasteiger partial charge in [-0.1, -0.05) is 27.7 Å². The van der Waals surface area contributed by atoms with Crippen LogP contribution in [0.5, 0.6) is 0 Å². The van der Waals surface area contributed by atoms with Crippen LogP contribution >= 0.6 is 0 Å². The fourth-order valence-electron chi connectivity index (χ4n) is 5.47. The van der Waals surface area contributed by atoms with Gasteiger partial charge in [-0.3, -0.25) is 0 Å². The molecule has 2 N–H and O–H groups in total. The van der Waals surface area contributed by atoms with E-state index in [-0.39, 0.29) is 5.54 Å². The fraction of sp³-hybridized carbons (Fsp3) is 1.00. The van der Waals surface area contributed by atoms with Crippen LogP contribution in [0.4, 0.5) is 0 Å². The molecule has 1 heteroatoms. The first-order valence-electron chi connectivity index (χ1n) is 7.22. The monoisotopic (exact) mass is 221 g/mol. The summed E-state index contributed by atoms with van der Waals surface area (Å²) in [4.78, 5) is 0. The van der Waals surface area contributed by atoms with Crippen molar-refractivity contribution in [2.45, 2.75) is 58.9 Å². The number of hydrogen-bond donors (Lipinski definition) is 1. The van der Waals surface area contributed by atoms with E-state index in [2.05, 4.69) is 27.7 Å². The van der Waals surface area contributed by atoms with Gasteiger partial charge >= 0.3 is 0 Å². The normalized spacial score (nSPS) is 54.6. The lowest BCUT2D eigenvalue weighted by Crippen LogP contribution is -2.70. The van der Waals surface area contributed by atoms with E-state index in [0.29, 0.717) is 5.41 Å². The van der Waals surface area contributed by atoms with E-state index in [0.717, 1.165) is 29.6 Å². The van der Waals surface area contributed by atoms with Crippen LogP contribution in [0.25, 0.3) is 0 Å². The molecular formula is C15H27N. The molecule has 3 aliphatic carbocycles. The third-order valence-electron chi connectivity index (χ3n) is 6.48. The highest BCUT2D eigenvalue weighted by Gasteiger charge is 2.79. The molecule has 92 valence electrons. The molecule has 3 rings (SSSR count). The van der Waals surface area contributed by atoms with Gasteiger partial charge in [0.05, 0.1) is 0 Å². The predicted octanol–water partition coefficient (Wildman–Crippen LogP) is 3.43.